The second kappa shape index (κ2) is 8.56. The predicted molar refractivity (Wildman–Crippen MR) is 105 cm³/mol. The van der Waals surface area contributed by atoms with Crippen LogP contribution >= 0.6 is 11.6 Å². The average molecular weight is 384 g/mol. The number of nitrogens with one attached hydrogen (secondary N) is 1. The number of hydrogen-bond acceptors (Lipinski definition) is 4. The van der Waals surface area contributed by atoms with Crippen molar-refractivity contribution in [2.75, 3.05) is 18.5 Å². The van der Waals surface area contributed by atoms with E-state index in [1.165, 1.54) is 12.1 Å². The van der Waals surface area contributed by atoms with Gasteiger partial charge in [0.1, 0.15) is 5.75 Å². The number of hydrogen-bond donors (Lipinski definition) is 1. The molecule has 1 amide bonds. The van der Waals surface area contributed by atoms with E-state index in [1.807, 2.05) is 42.5 Å². The Labute approximate surface area is 161 Å². The zero-order valence-corrected chi connectivity index (χ0v) is 15.5. The van der Waals surface area contributed by atoms with Gasteiger partial charge in [0.25, 0.3) is 5.91 Å². The fourth-order valence-corrected chi connectivity index (χ4v) is 2.89. The van der Waals surface area contributed by atoms with Crippen molar-refractivity contribution in [1.29, 1.82) is 0 Å². The van der Waals surface area contributed by atoms with E-state index in [2.05, 4.69) is 5.32 Å². The van der Waals surface area contributed by atoms with Crippen LogP contribution in [0.25, 0.3) is 10.8 Å². The van der Waals surface area contributed by atoms with Gasteiger partial charge in [-0.15, -0.1) is 0 Å². The van der Waals surface area contributed by atoms with Crippen molar-refractivity contribution in [3.63, 3.8) is 0 Å². The van der Waals surface area contributed by atoms with Gasteiger partial charge < -0.3 is 14.8 Å². The number of esters is 1. The molecule has 0 unspecified atom stereocenters. The predicted octanol–water partition coefficient (Wildman–Crippen LogP) is 4.69. The van der Waals surface area contributed by atoms with Gasteiger partial charge in [0, 0.05) is 11.1 Å². The van der Waals surface area contributed by atoms with Crippen molar-refractivity contribution in [2.45, 2.75) is 6.92 Å². The summed E-state index contributed by atoms with van der Waals surface area (Å²) in [5.74, 6) is -0.193. The quantitative estimate of drug-likeness (QED) is 0.627. The molecule has 0 aromatic heterocycles. The second-order valence-corrected chi connectivity index (χ2v) is 6.14. The van der Waals surface area contributed by atoms with Gasteiger partial charge in [-0.25, -0.2) is 4.79 Å². The number of fused-ring (bicyclic) bond motifs is 1. The lowest BCUT2D eigenvalue weighted by Gasteiger charge is -2.11. The third-order valence-corrected chi connectivity index (χ3v) is 4.17. The molecule has 27 heavy (non-hydrogen) atoms. The maximum atomic E-state index is 12.2. The molecule has 0 bridgehead atoms. The number of rotatable bonds is 6. The van der Waals surface area contributed by atoms with E-state index in [0.29, 0.717) is 11.4 Å². The first-order valence-corrected chi connectivity index (χ1v) is 8.83. The van der Waals surface area contributed by atoms with Gasteiger partial charge in [0.2, 0.25) is 0 Å². The van der Waals surface area contributed by atoms with E-state index < -0.39 is 5.97 Å². The molecule has 0 spiro atoms. The molecule has 0 aliphatic heterocycles. The van der Waals surface area contributed by atoms with Crippen LogP contribution in [0.4, 0.5) is 5.69 Å². The Morgan fingerprint density at radius 2 is 1.81 bits per heavy atom. The fourth-order valence-electron chi connectivity index (χ4n) is 2.63. The van der Waals surface area contributed by atoms with Crippen molar-refractivity contribution >= 4 is 39.9 Å². The number of carbonyl (C=O) groups excluding carboxylic acids is 2. The Morgan fingerprint density at radius 1 is 1.04 bits per heavy atom. The Balaban J connectivity index is 1.64. The van der Waals surface area contributed by atoms with Crippen LogP contribution in [0, 0.1) is 0 Å². The molecule has 0 aliphatic rings. The molecule has 0 saturated carbocycles. The second-order valence-electron chi connectivity index (χ2n) is 5.73. The Morgan fingerprint density at radius 3 is 2.59 bits per heavy atom. The molecule has 6 heteroatoms. The third kappa shape index (κ3) is 4.57. The highest BCUT2D eigenvalue weighted by Crippen LogP contribution is 2.25. The van der Waals surface area contributed by atoms with Gasteiger partial charge in [-0.05, 0) is 36.6 Å². The summed E-state index contributed by atoms with van der Waals surface area (Å²) in [4.78, 5) is 23.9. The molecule has 1 N–H and O–H groups in total. The summed E-state index contributed by atoms with van der Waals surface area (Å²) in [6, 6.07) is 18.1. The fraction of sp³-hybridized carbons (Fsp3) is 0.143. The molecule has 0 radical (unpaired) electrons. The molecule has 0 atom stereocenters. The molecular weight excluding hydrogens is 366 g/mol. The molecule has 3 aromatic rings. The lowest BCUT2D eigenvalue weighted by molar-refractivity contribution is -0.118. The van der Waals surface area contributed by atoms with Crippen LogP contribution in [0.2, 0.25) is 5.02 Å². The lowest BCUT2D eigenvalue weighted by Crippen LogP contribution is -2.20. The maximum absolute atomic E-state index is 12.2. The van der Waals surface area contributed by atoms with Crippen molar-refractivity contribution in [2.24, 2.45) is 0 Å². The average Bonchev–Trinajstić information content (AvgIpc) is 2.66. The number of benzene rings is 3. The lowest BCUT2D eigenvalue weighted by atomic mass is 10.1. The molecule has 5 nitrogen and oxygen atoms in total. The van der Waals surface area contributed by atoms with Gasteiger partial charge in [0.15, 0.2) is 6.61 Å². The van der Waals surface area contributed by atoms with E-state index in [1.54, 1.807) is 13.0 Å². The van der Waals surface area contributed by atoms with E-state index in [4.69, 9.17) is 21.1 Å². The normalized spacial score (nSPS) is 10.4. The summed E-state index contributed by atoms with van der Waals surface area (Å²) in [6.45, 7) is 1.83. The van der Waals surface area contributed by atoms with Crippen LogP contribution in [0.3, 0.4) is 0 Å². The SMILES string of the molecule is CCOC(=O)c1ccc(NC(=O)COc2cccc3ccccc23)cc1Cl. The molecule has 0 fully saturated rings. The summed E-state index contributed by atoms with van der Waals surface area (Å²) >= 11 is 6.10. The standard InChI is InChI=1S/C21H18ClNO4/c1-2-26-21(25)17-11-10-15(12-18(17)22)23-20(24)13-27-19-9-5-7-14-6-3-4-8-16(14)19/h3-12H,2,13H2,1H3,(H,23,24). The molecular formula is C21H18ClNO4. The Kier molecular flexibility index (Phi) is 5.94. The first kappa shape index (κ1) is 18.7. The molecule has 138 valence electrons. The Hall–Kier alpha value is -3.05. The number of halogens is 1. The highest BCUT2D eigenvalue weighted by molar-refractivity contribution is 6.34. The highest BCUT2D eigenvalue weighted by Gasteiger charge is 2.13. The Bertz CT molecular complexity index is 982. The van der Waals surface area contributed by atoms with Crippen LogP contribution in [-0.4, -0.2) is 25.1 Å². The number of carbonyl (C=O) groups is 2. The summed E-state index contributed by atoms with van der Waals surface area (Å²) in [5.41, 5.74) is 0.725. The molecule has 3 rings (SSSR count). The van der Waals surface area contributed by atoms with Crippen molar-refractivity contribution in [1.82, 2.24) is 0 Å². The van der Waals surface area contributed by atoms with E-state index in [0.717, 1.165) is 10.8 Å². The van der Waals surface area contributed by atoms with Crippen molar-refractivity contribution in [3.05, 3.63) is 71.2 Å². The van der Waals surface area contributed by atoms with Gasteiger partial charge in [-0.3, -0.25) is 4.79 Å². The van der Waals surface area contributed by atoms with Crippen LogP contribution in [0.5, 0.6) is 5.75 Å². The smallest absolute Gasteiger partial charge is 0.339 e. The molecule has 0 aliphatic carbocycles. The van der Waals surface area contributed by atoms with Crippen LogP contribution in [0.1, 0.15) is 17.3 Å². The van der Waals surface area contributed by atoms with Crippen LogP contribution in [0.15, 0.2) is 60.7 Å². The molecule has 0 heterocycles. The first-order valence-electron chi connectivity index (χ1n) is 8.45. The minimum atomic E-state index is -0.500. The number of anilines is 1. The number of amides is 1. The monoisotopic (exact) mass is 383 g/mol. The number of ether oxygens (including phenoxy) is 2. The van der Waals surface area contributed by atoms with Crippen LogP contribution in [-0.2, 0) is 9.53 Å². The summed E-state index contributed by atoms with van der Waals surface area (Å²) in [7, 11) is 0. The summed E-state index contributed by atoms with van der Waals surface area (Å²) in [6.07, 6.45) is 0. The van der Waals surface area contributed by atoms with Gasteiger partial charge >= 0.3 is 5.97 Å². The van der Waals surface area contributed by atoms with E-state index in [-0.39, 0.29) is 29.7 Å². The van der Waals surface area contributed by atoms with Crippen molar-refractivity contribution < 1.29 is 19.1 Å². The maximum Gasteiger partial charge on any atom is 0.339 e. The zero-order valence-electron chi connectivity index (χ0n) is 14.7. The van der Waals surface area contributed by atoms with Gasteiger partial charge in [0.05, 0.1) is 17.2 Å². The minimum absolute atomic E-state index is 0.148. The zero-order chi connectivity index (χ0) is 19.2. The minimum Gasteiger partial charge on any atom is -0.483 e. The first-order chi connectivity index (χ1) is 13.1. The summed E-state index contributed by atoms with van der Waals surface area (Å²) in [5, 5.41) is 4.89. The van der Waals surface area contributed by atoms with Crippen molar-refractivity contribution in [3.8, 4) is 5.75 Å². The van der Waals surface area contributed by atoms with E-state index >= 15 is 0 Å². The van der Waals surface area contributed by atoms with Crippen LogP contribution < -0.4 is 10.1 Å². The summed E-state index contributed by atoms with van der Waals surface area (Å²) < 4.78 is 10.6. The van der Waals surface area contributed by atoms with Gasteiger partial charge in [-0.2, -0.15) is 0 Å². The van der Waals surface area contributed by atoms with E-state index in [9.17, 15) is 9.59 Å². The topological polar surface area (TPSA) is 64.6 Å². The highest BCUT2D eigenvalue weighted by atomic mass is 35.5. The largest absolute Gasteiger partial charge is 0.483 e. The molecule has 3 aromatic carbocycles. The molecule has 0 saturated heterocycles. The van der Waals surface area contributed by atoms with Gasteiger partial charge in [-0.1, -0.05) is 48.0 Å². The third-order valence-electron chi connectivity index (χ3n) is 3.86.